The molecule has 8 nitrogen and oxygen atoms in total. The van der Waals surface area contributed by atoms with Crippen LogP contribution in [0.2, 0.25) is 5.02 Å². The number of nitrogens with zero attached hydrogens (tertiary/aromatic N) is 4. The van der Waals surface area contributed by atoms with E-state index in [1.807, 2.05) is 27.4 Å². The first-order chi connectivity index (χ1) is 17.9. The molecule has 1 aliphatic heterocycles. The first kappa shape index (κ1) is 28.8. The number of nitrogens with one attached hydrogen (secondary N) is 2. The third-order valence-corrected chi connectivity index (χ3v) is 5.48. The molecule has 0 amide bonds. The highest BCUT2D eigenvalue weighted by Gasteiger charge is 2.22. The van der Waals surface area contributed by atoms with E-state index in [9.17, 15) is 4.39 Å². The van der Waals surface area contributed by atoms with E-state index < -0.39 is 11.6 Å². The molecule has 0 fully saturated rings. The van der Waals surface area contributed by atoms with Crippen molar-refractivity contribution in [3.05, 3.63) is 101 Å². The van der Waals surface area contributed by atoms with Gasteiger partial charge in [0, 0.05) is 48.8 Å². The smallest absolute Gasteiger partial charge is 0.158 e. The lowest BCUT2D eigenvalue weighted by Crippen LogP contribution is -2.17. The van der Waals surface area contributed by atoms with Crippen molar-refractivity contribution in [2.24, 2.45) is 4.99 Å². The summed E-state index contributed by atoms with van der Waals surface area (Å²) in [4.78, 5) is 33.4. The number of hydrogen-bond acceptors (Lipinski definition) is 7. The summed E-state index contributed by atoms with van der Waals surface area (Å²) in [5.74, 6) is -0.805. The Morgan fingerprint density at radius 1 is 1.22 bits per heavy atom. The number of carbonyl (C=O) groups excluding carboxylic acids is 2. The molecule has 0 spiro atoms. The number of pyridine rings is 1. The van der Waals surface area contributed by atoms with Gasteiger partial charge in [-0.15, -0.1) is 0 Å². The number of halogens is 3. The number of imidazole rings is 1. The molecule has 2 N–H and O–H groups in total. The summed E-state index contributed by atoms with van der Waals surface area (Å²) in [7, 11) is 0. The van der Waals surface area contributed by atoms with Crippen LogP contribution in [-0.2, 0) is 16.1 Å². The standard InChI is InChI=1S/C24H21ClF2N6.2CH2O/c1-4-33-13-20(32-12-21(33)14(2)24-28-7-8-29-24)22-18(26)5-6-19(23(22)27)31-10-16-9-17(25)11-30-15(16)3;2*1-2/h4-9,11-13,31H,1,10H2,2-3H3,(H,28,29);2*1H2/b21-14+;;. The molecule has 3 heterocycles. The van der Waals surface area contributed by atoms with Crippen LogP contribution in [0, 0.1) is 18.6 Å². The first-order valence-electron chi connectivity index (χ1n) is 10.7. The number of carbonyl (C=O) groups is 2. The van der Waals surface area contributed by atoms with Gasteiger partial charge < -0.3 is 24.8 Å². The van der Waals surface area contributed by atoms with Crippen LogP contribution in [0.5, 0.6) is 0 Å². The fourth-order valence-corrected chi connectivity index (χ4v) is 3.62. The molecular weight excluding hydrogens is 502 g/mol. The van der Waals surface area contributed by atoms with E-state index in [-0.39, 0.29) is 23.5 Å². The van der Waals surface area contributed by atoms with Crippen molar-refractivity contribution in [1.29, 1.82) is 0 Å². The van der Waals surface area contributed by atoms with Gasteiger partial charge in [-0.25, -0.2) is 13.8 Å². The zero-order valence-corrected chi connectivity index (χ0v) is 21.0. The van der Waals surface area contributed by atoms with Crippen LogP contribution in [0.15, 0.2) is 66.5 Å². The van der Waals surface area contributed by atoms with Crippen molar-refractivity contribution < 1.29 is 18.4 Å². The lowest BCUT2D eigenvalue weighted by molar-refractivity contribution is -0.0987. The normalized spacial score (nSPS) is 13.4. The molecular formula is C26H25ClF2N6O2. The Hall–Kier alpha value is -4.44. The molecule has 11 heteroatoms. The third-order valence-electron chi connectivity index (χ3n) is 5.27. The van der Waals surface area contributed by atoms with Crippen molar-refractivity contribution in [1.82, 2.24) is 19.9 Å². The van der Waals surface area contributed by atoms with Gasteiger partial charge in [-0.05, 0) is 37.6 Å². The molecule has 0 saturated carbocycles. The van der Waals surface area contributed by atoms with Crippen molar-refractivity contribution in [3.8, 4) is 0 Å². The Bertz CT molecular complexity index is 1340. The minimum absolute atomic E-state index is 0.130. The Labute approximate surface area is 218 Å². The van der Waals surface area contributed by atoms with E-state index in [1.54, 1.807) is 35.8 Å². The average molecular weight is 527 g/mol. The van der Waals surface area contributed by atoms with Gasteiger partial charge in [0.1, 0.15) is 25.2 Å². The number of aromatic nitrogens is 3. The first-order valence-corrected chi connectivity index (χ1v) is 11.0. The fourth-order valence-electron chi connectivity index (χ4n) is 3.44. The topological polar surface area (TPSA) is 103 Å². The molecule has 1 aromatic carbocycles. The summed E-state index contributed by atoms with van der Waals surface area (Å²) in [6.07, 6.45) is 9.51. The highest BCUT2D eigenvalue weighted by Crippen LogP contribution is 2.32. The van der Waals surface area contributed by atoms with Gasteiger partial charge in [0.25, 0.3) is 0 Å². The van der Waals surface area contributed by atoms with Gasteiger partial charge in [-0.1, -0.05) is 18.2 Å². The Kier molecular flexibility index (Phi) is 10.6. The van der Waals surface area contributed by atoms with E-state index in [0.29, 0.717) is 16.5 Å². The molecule has 0 bridgehead atoms. The molecule has 0 saturated heterocycles. The van der Waals surface area contributed by atoms with Crippen molar-refractivity contribution >= 4 is 48.4 Å². The predicted molar refractivity (Wildman–Crippen MR) is 142 cm³/mol. The number of rotatable bonds is 6. The number of aryl methyl sites for hydroxylation is 1. The van der Waals surface area contributed by atoms with E-state index in [4.69, 9.17) is 21.2 Å². The number of hydrogen-bond donors (Lipinski definition) is 2. The third kappa shape index (κ3) is 6.62. The minimum Gasteiger partial charge on any atom is -0.379 e. The number of aromatic amines is 1. The van der Waals surface area contributed by atoms with Gasteiger partial charge in [0.05, 0.1) is 33.9 Å². The lowest BCUT2D eigenvalue weighted by Gasteiger charge is -2.23. The highest BCUT2D eigenvalue weighted by atomic mass is 35.5. The minimum atomic E-state index is -0.745. The number of aliphatic imine (C=N–C) groups is 1. The van der Waals surface area contributed by atoms with Crippen molar-refractivity contribution in [2.75, 3.05) is 5.32 Å². The van der Waals surface area contributed by atoms with Crippen LogP contribution in [0.1, 0.15) is 29.6 Å². The summed E-state index contributed by atoms with van der Waals surface area (Å²) in [5.41, 5.74) is 3.10. The van der Waals surface area contributed by atoms with Gasteiger partial charge in [-0.3, -0.25) is 9.98 Å². The number of anilines is 1. The van der Waals surface area contributed by atoms with Gasteiger partial charge in [0.15, 0.2) is 5.82 Å². The second-order valence-corrected chi connectivity index (χ2v) is 7.78. The van der Waals surface area contributed by atoms with Crippen LogP contribution in [-0.4, -0.2) is 39.6 Å². The second kappa shape index (κ2) is 13.6. The summed E-state index contributed by atoms with van der Waals surface area (Å²) in [6.45, 7) is 11.8. The molecule has 0 radical (unpaired) electrons. The summed E-state index contributed by atoms with van der Waals surface area (Å²) in [5, 5.41) is 3.48. The monoisotopic (exact) mass is 526 g/mol. The molecule has 1 aliphatic rings. The Morgan fingerprint density at radius 2 is 1.95 bits per heavy atom. The number of benzene rings is 1. The Balaban J connectivity index is 0.00000115. The van der Waals surface area contributed by atoms with Crippen molar-refractivity contribution in [3.63, 3.8) is 0 Å². The maximum Gasteiger partial charge on any atom is 0.158 e. The molecule has 37 heavy (non-hydrogen) atoms. The maximum absolute atomic E-state index is 15.4. The summed E-state index contributed by atoms with van der Waals surface area (Å²) in [6, 6.07) is 4.31. The lowest BCUT2D eigenvalue weighted by atomic mass is 10.1. The fraction of sp³-hybridized carbons (Fsp3) is 0.115. The van der Waals surface area contributed by atoms with E-state index in [1.165, 1.54) is 24.5 Å². The summed E-state index contributed by atoms with van der Waals surface area (Å²) >= 11 is 6.01. The average Bonchev–Trinajstić information content (AvgIpc) is 3.47. The molecule has 2 aromatic heterocycles. The summed E-state index contributed by atoms with van der Waals surface area (Å²) < 4.78 is 30.1. The molecule has 0 aliphatic carbocycles. The molecule has 3 aromatic rings. The van der Waals surface area contributed by atoms with Crippen LogP contribution < -0.4 is 5.32 Å². The maximum atomic E-state index is 15.4. The van der Waals surface area contributed by atoms with Gasteiger partial charge in [0.2, 0.25) is 0 Å². The second-order valence-electron chi connectivity index (χ2n) is 7.35. The SMILES string of the molecule is C=CN1C=C(c2c(F)ccc(NCc3cc(Cl)cnc3C)c2F)N=C/C1=C(/C)c1ncc[nH]1.C=O.C=O. The van der Waals surface area contributed by atoms with Crippen LogP contribution in [0.25, 0.3) is 11.3 Å². The zero-order chi connectivity index (χ0) is 27.5. The largest absolute Gasteiger partial charge is 0.379 e. The van der Waals surface area contributed by atoms with E-state index in [2.05, 4.69) is 31.8 Å². The molecule has 0 unspecified atom stereocenters. The molecule has 0 atom stereocenters. The van der Waals surface area contributed by atoms with Crippen molar-refractivity contribution in [2.45, 2.75) is 20.4 Å². The quantitative estimate of drug-likeness (QED) is 0.436. The van der Waals surface area contributed by atoms with E-state index >= 15 is 4.39 Å². The van der Waals surface area contributed by atoms with E-state index in [0.717, 1.165) is 16.8 Å². The highest BCUT2D eigenvalue weighted by molar-refractivity contribution is 6.30. The molecule has 4 rings (SSSR count). The van der Waals surface area contributed by atoms with Crippen LogP contribution >= 0.6 is 11.6 Å². The van der Waals surface area contributed by atoms with Crippen LogP contribution in [0.3, 0.4) is 0 Å². The predicted octanol–water partition coefficient (Wildman–Crippen LogP) is 5.55. The van der Waals surface area contributed by atoms with Gasteiger partial charge >= 0.3 is 0 Å². The van der Waals surface area contributed by atoms with Crippen LogP contribution in [0.4, 0.5) is 14.5 Å². The molecule has 192 valence electrons. The number of allylic oxidation sites excluding steroid dienone is 2. The number of H-pyrrole nitrogens is 1. The van der Waals surface area contributed by atoms with Gasteiger partial charge in [-0.2, -0.15) is 0 Å². The zero-order valence-electron chi connectivity index (χ0n) is 20.3. The Morgan fingerprint density at radius 3 is 2.59 bits per heavy atom.